The smallest absolute Gasteiger partial charge is 0.131 e. The lowest BCUT2D eigenvalue weighted by atomic mass is 10.1. The van der Waals surface area contributed by atoms with Crippen molar-refractivity contribution in [3.63, 3.8) is 0 Å². The third-order valence-electron chi connectivity index (χ3n) is 3.64. The van der Waals surface area contributed by atoms with Crippen LogP contribution < -0.4 is 5.32 Å². The van der Waals surface area contributed by atoms with Crippen LogP contribution in [0.15, 0.2) is 29.9 Å². The Labute approximate surface area is 126 Å². The van der Waals surface area contributed by atoms with Gasteiger partial charge in [0.25, 0.3) is 0 Å². The molecule has 2 unspecified atom stereocenters. The molecule has 2 rings (SSSR count). The number of aryl methyl sites for hydroxylation is 1. The summed E-state index contributed by atoms with van der Waals surface area (Å²) in [6, 6.07) is 5.01. The van der Waals surface area contributed by atoms with Crippen molar-refractivity contribution in [2.45, 2.75) is 51.6 Å². The summed E-state index contributed by atoms with van der Waals surface area (Å²) in [6.07, 6.45) is 9.00. The summed E-state index contributed by atoms with van der Waals surface area (Å²) in [6.45, 7) is 4.53. The molecule has 110 valence electrons. The van der Waals surface area contributed by atoms with Crippen LogP contribution >= 0.6 is 11.3 Å². The third kappa shape index (κ3) is 3.93. The molecule has 0 aliphatic heterocycles. The summed E-state index contributed by atoms with van der Waals surface area (Å²) in [5, 5.41) is 5.88. The van der Waals surface area contributed by atoms with Crippen molar-refractivity contribution in [1.29, 1.82) is 0 Å². The van der Waals surface area contributed by atoms with Gasteiger partial charge in [-0.2, -0.15) is 0 Å². The first-order chi connectivity index (χ1) is 9.72. The molecule has 3 nitrogen and oxygen atoms in total. The van der Waals surface area contributed by atoms with Crippen molar-refractivity contribution in [3.8, 4) is 0 Å². The number of hydrogen-bond donors (Lipinski definition) is 1. The Kier molecular flexibility index (Phi) is 5.80. The molecule has 0 aliphatic carbocycles. The zero-order valence-corrected chi connectivity index (χ0v) is 13.5. The molecule has 2 aromatic rings. The topological polar surface area (TPSA) is 29.9 Å². The van der Waals surface area contributed by atoms with E-state index in [1.54, 1.807) is 11.3 Å². The Hall–Kier alpha value is -1.13. The average Bonchev–Trinajstić information content (AvgIpc) is 3.08. The molecule has 20 heavy (non-hydrogen) atoms. The van der Waals surface area contributed by atoms with Crippen LogP contribution in [0.3, 0.4) is 0 Å². The summed E-state index contributed by atoms with van der Waals surface area (Å²) in [4.78, 5) is 5.86. The number of hydrogen-bond acceptors (Lipinski definition) is 3. The minimum absolute atomic E-state index is 0.201. The molecule has 0 saturated carbocycles. The van der Waals surface area contributed by atoms with Gasteiger partial charge in [-0.25, -0.2) is 4.98 Å². The van der Waals surface area contributed by atoms with E-state index in [1.165, 1.54) is 30.6 Å². The largest absolute Gasteiger partial charge is 0.336 e. The van der Waals surface area contributed by atoms with Crippen molar-refractivity contribution in [3.05, 3.63) is 40.6 Å². The van der Waals surface area contributed by atoms with Gasteiger partial charge in [0.05, 0.1) is 0 Å². The van der Waals surface area contributed by atoms with E-state index in [2.05, 4.69) is 53.3 Å². The number of thiophene rings is 1. The Morgan fingerprint density at radius 1 is 1.40 bits per heavy atom. The van der Waals surface area contributed by atoms with E-state index >= 15 is 0 Å². The fourth-order valence-electron chi connectivity index (χ4n) is 2.46. The maximum Gasteiger partial charge on any atom is 0.131 e. The van der Waals surface area contributed by atoms with Gasteiger partial charge in [0.15, 0.2) is 0 Å². The van der Waals surface area contributed by atoms with E-state index in [0.29, 0.717) is 6.04 Å². The van der Waals surface area contributed by atoms with Gasteiger partial charge in [0, 0.05) is 30.4 Å². The predicted molar refractivity (Wildman–Crippen MR) is 86.1 cm³/mol. The number of nitrogens with one attached hydrogen (secondary N) is 1. The third-order valence-corrected chi connectivity index (χ3v) is 4.57. The molecule has 0 spiro atoms. The number of nitrogens with zero attached hydrogens (tertiary/aromatic N) is 2. The van der Waals surface area contributed by atoms with Crippen molar-refractivity contribution < 1.29 is 0 Å². The minimum atomic E-state index is 0.201. The highest BCUT2D eigenvalue weighted by Crippen LogP contribution is 2.25. The average molecular weight is 291 g/mol. The van der Waals surface area contributed by atoms with Crippen LogP contribution in [0.4, 0.5) is 0 Å². The van der Waals surface area contributed by atoms with Crippen molar-refractivity contribution in [1.82, 2.24) is 14.9 Å². The Morgan fingerprint density at radius 3 is 2.85 bits per heavy atom. The van der Waals surface area contributed by atoms with Crippen molar-refractivity contribution in [2.75, 3.05) is 0 Å². The van der Waals surface area contributed by atoms with Gasteiger partial charge in [-0.15, -0.1) is 11.3 Å². The van der Waals surface area contributed by atoms with Gasteiger partial charge in [-0.1, -0.05) is 32.3 Å². The van der Waals surface area contributed by atoms with Gasteiger partial charge in [0.1, 0.15) is 11.9 Å². The van der Waals surface area contributed by atoms with Gasteiger partial charge in [0.2, 0.25) is 0 Å². The van der Waals surface area contributed by atoms with Crippen LogP contribution in [0.1, 0.15) is 56.3 Å². The lowest BCUT2D eigenvalue weighted by molar-refractivity contribution is 0.442. The SMILES string of the molecule is CCCCCC(C)NC(c1cccs1)c1nccn1C. The lowest BCUT2D eigenvalue weighted by Gasteiger charge is -2.22. The number of imidazole rings is 1. The second kappa shape index (κ2) is 7.60. The molecule has 0 aliphatic rings. The fourth-order valence-corrected chi connectivity index (χ4v) is 3.24. The predicted octanol–water partition coefficient (Wildman–Crippen LogP) is 4.13. The lowest BCUT2D eigenvalue weighted by Crippen LogP contribution is -2.32. The van der Waals surface area contributed by atoms with Gasteiger partial charge >= 0.3 is 0 Å². The second-order valence-corrected chi connectivity index (χ2v) is 6.39. The number of rotatable bonds is 8. The molecular formula is C16H25N3S. The molecule has 2 aromatic heterocycles. The number of aromatic nitrogens is 2. The Morgan fingerprint density at radius 2 is 2.25 bits per heavy atom. The van der Waals surface area contributed by atoms with Crippen molar-refractivity contribution >= 4 is 11.3 Å². The van der Waals surface area contributed by atoms with Crippen LogP contribution in [0.25, 0.3) is 0 Å². The quantitative estimate of drug-likeness (QED) is 0.741. The zero-order valence-electron chi connectivity index (χ0n) is 12.7. The Bertz CT molecular complexity index is 490. The minimum Gasteiger partial charge on any atom is -0.336 e. The Balaban J connectivity index is 2.06. The van der Waals surface area contributed by atoms with Crippen molar-refractivity contribution in [2.24, 2.45) is 7.05 Å². The summed E-state index contributed by atoms with van der Waals surface area (Å²) in [7, 11) is 2.06. The van der Waals surface area contributed by atoms with Crippen LogP contribution in [0.5, 0.6) is 0 Å². The highest BCUT2D eigenvalue weighted by Gasteiger charge is 2.20. The summed E-state index contributed by atoms with van der Waals surface area (Å²) in [5.41, 5.74) is 0. The summed E-state index contributed by atoms with van der Waals surface area (Å²) in [5.74, 6) is 1.09. The molecule has 0 bridgehead atoms. The standard InChI is InChI=1S/C16H25N3S/c1-4-5-6-8-13(2)18-15(14-9-7-12-20-14)16-17-10-11-19(16)3/h7,9-13,15,18H,4-6,8H2,1-3H3. The van der Waals surface area contributed by atoms with Crippen LogP contribution in [-0.4, -0.2) is 15.6 Å². The maximum absolute atomic E-state index is 4.53. The molecule has 2 atom stereocenters. The highest BCUT2D eigenvalue weighted by atomic mass is 32.1. The fraction of sp³-hybridized carbons (Fsp3) is 0.562. The van der Waals surface area contributed by atoms with Gasteiger partial charge < -0.3 is 9.88 Å². The van der Waals surface area contributed by atoms with E-state index in [4.69, 9.17) is 0 Å². The summed E-state index contributed by atoms with van der Waals surface area (Å²) < 4.78 is 2.11. The first-order valence-corrected chi connectivity index (χ1v) is 8.37. The number of unbranched alkanes of at least 4 members (excludes halogenated alkanes) is 2. The van der Waals surface area contributed by atoms with E-state index in [-0.39, 0.29) is 6.04 Å². The van der Waals surface area contributed by atoms with Crippen LogP contribution in [0, 0.1) is 0 Å². The highest BCUT2D eigenvalue weighted by molar-refractivity contribution is 7.10. The monoisotopic (exact) mass is 291 g/mol. The maximum atomic E-state index is 4.53. The van der Waals surface area contributed by atoms with Gasteiger partial charge in [-0.3, -0.25) is 0 Å². The van der Waals surface area contributed by atoms with E-state index in [9.17, 15) is 0 Å². The molecule has 0 aromatic carbocycles. The molecule has 2 heterocycles. The van der Waals surface area contributed by atoms with E-state index in [0.717, 1.165) is 5.82 Å². The van der Waals surface area contributed by atoms with Crippen LogP contribution in [-0.2, 0) is 7.05 Å². The molecule has 0 radical (unpaired) electrons. The van der Waals surface area contributed by atoms with Crippen LogP contribution in [0.2, 0.25) is 0 Å². The molecule has 0 fully saturated rings. The van der Waals surface area contributed by atoms with Gasteiger partial charge in [-0.05, 0) is 24.8 Å². The molecular weight excluding hydrogens is 266 g/mol. The second-order valence-electron chi connectivity index (χ2n) is 5.41. The molecule has 4 heteroatoms. The molecule has 0 saturated heterocycles. The molecule has 0 amide bonds. The first-order valence-electron chi connectivity index (χ1n) is 7.49. The normalized spacial score (nSPS) is 14.3. The zero-order chi connectivity index (χ0) is 14.4. The summed E-state index contributed by atoms with van der Waals surface area (Å²) >= 11 is 1.79. The van der Waals surface area contributed by atoms with E-state index in [1.807, 2.05) is 12.4 Å². The van der Waals surface area contributed by atoms with E-state index < -0.39 is 0 Å². The molecule has 1 N–H and O–H groups in total. The first kappa shape index (κ1) is 15.3.